The summed E-state index contributed by atoms with van der Waals surface area (Å²) in [5.74, 6) is 0.558. The smallest absolute Gasteiger partial charge is 0.311 e. The number of aromatic nitrogens is 1. The minimum absolute atomic E-state index is 0.126. The minimum Gasteiger partial charge on any atom is -0.426 e. The highest BCUT2D eigenvalue weighted by Crippen LogP contribution is 2.32. The molecule has 1 aromatic carbocycles. The fourth-order valence-corrected chi connectivity index (χ4v) is 3.78. The highest BCUT2D eigenvalue weighted by Gasteiger charge is 2.16. The summed E-state index contributed by atoms with van der Waals surface area (Å²) in [6.45, 7) is 3.16. The molecule has 0 aliphatic carbocycles. The van der Waals surface area contributed by atoms with Crippen molar-refractivity contribution in [2.75, 3.05) is 20.6 Å². The van der Waals surface area contributed by atoms with Gasteiger partial charge in [-0.25, -0.2) is 0 Å². The number of rotatable bonds is 10. The predicted octanol–water partition coefficient (Wildman–Crippen LogP) is 5.14. The minimum atomic E-state index is -0.126. The van der Waals surface area contributed by atoms with E-state index < -0.39 is 0 Å². The Bertz CT molecular complexity index is 694. The van der Waals surface area contributed by atoms with Crippen LogP contribution in [-0.2, 0) is 11.2 Å². The van der Waals surface area contributed by atoms with Gasteiger partial charge in [-0.3, -0.25) is 4.79 Å². The van der Waals surface area contributed by atoms with Crippen LogP contribution in [0, 0.1) is 3.70 Å². The molecule has 1 N–H and O–H groups in total. The molecule has 0 amide bonds. The molecule has 25 heavy (non-hydrogen) atoms. The molecule has 138 valence electrons. The van der Waals surface area contributed by atoms with Crippen LogP contribution >= 0.6 is 22.6 Å². The molecule has 5 heteroatoms. The van der Waals surface area contributed by atoms with Gasteiger partial charge in [-0.2, -0.15) is 0 Å². The van der Waals surface area contributed by atoms with Gasteiger partial charge in [0.05, 0.1) is 9.22 Å². The van der Waals surface area contributed by atoms with Crippen molar-refractivity contribution in [1.29, 1.82) is 0 Å². The Morgan fingerprint density at radius 2 is 1.96 bits per heavy atom. The van der Waals surface area contributed by atoms with E-state index in [1.807, 2.05) is 18.2 Å². The zero-order valence-electron chi connectivity index (χ0n) is 15.5. The van der Waals surface area contributed by atoms with Gasteiger partial charge in [0.15, 0.2) is 0 Å². The molecule has 0 radical (unpaired) electrons. The van der Waals surface area contributed by atoms with E-state index in [1.54, 1.807) is 0 Å². The second-order valence-electron chi connectivity index (χ2n) is 6.79. The van der Waals surface area contributed by atoms with Crippen LogP contribution in [0.1, 0.15) is 51.0 Å². The van der Waals surface area contributed by atoms with Crippen molar-refractivity contribution in [1.82, 2.24) is 9.88 Å². The van der Waals surface area contributed by atoms with Crippen molar-refractivity contribution < 1.29 is 9.53 Å². The number of ether oxygens (including phenoxy) is 1. The maximum atomic E-state index is 12.2. The highest BCUT2D eigenvalue weighted by molar-refractivity contribution is 14.1. The number of likely N-dealkylation sites (N-methyl/N-ethyl adjacent to an activating group) is 1. The van der Waals surface area contributed by atoms with Crippen molar-refractivity contribution in [2.24, 2.45) is 0 Å². The van der Waals surface area contributed by atoms with Crippen LogP contribution in [0.15, 0.2) is 18.2 Å². The van der Waals surface area contributed by atoms with Gasteiger partial charge in [-0.05, 0) is 67.2 Å². The fraction of sp³-hybridized carbons (Fsp3) is 0.550. The summed E-state index contributed by atoms with van der Waals surface area (Å²) in [5.41, 5.74) is 2.27. The van der Waals surface area contributed by atoms with Crippen molar-refractivity contribution in [2.45, 2.75) is 51.9 Å². The average Bonchev–Trinajstić information content (AvgIpc) is 2.89. The Kier molecular flexibility index (Phi) is 8.22. The Morgan fingerprint density at radius 3 is 2.68 bits per heavy atom. The summed E-state index contributed by atoms with van der Waals surface area (Å²) < 4.78 is 6.84. The van der Waals surface area contributed by atoms with Gasteiger partial charge in [0.1, 0.15) is 5.75 Å². The number of nitrogens with zero attached hydrogens (tertiary/aromatic N) is 1. The zero-order chi connectivity index (χ0) is 18.2. The van der Waals surface area contributed by atoms with E-state index in [1.165, 1.54) is 24.8 Å². The Labute approximate surface area is 164 Å². The van der Waals surface area contributed by atoms with Crippen molar-refractivity contribution in [3.63, 3.8) is 0 Å². The number of hydrogen-bond acceptors (Lipinski definition) is 3. The number of hydrogen-bond donors (Lipinski definition) is 1. The molecule has 0 aliphatic rings. The topological polar surface area (TPSA) is 45.3 Å². The number of halogens is 1. The molecular weight excluding hydrogens is 427 g/mol. The molecule has 1 heterocycles. The van der Waals surface area contributed by atoms with Crippen LogP contribution < -0.4 is 4.74 Å². The number of nitrogens with one attached hydrogen (secondary N) is 1. The summed E-state index contributed by atoms with van der Waals surface area (Å²) in [6.07, 6.45) is 7.09. The van der Waals surface area contributed by atoms with Gasteiger partial charge in [-0.1, -0.05) is 38.7 Å². The molecule has 2 rings (SSSR count). The molecule has 0 bridgehead atoms. The molecule has 0 atom stereocenters. The van der Waals surface area contributed by atoms with E-state index in [9.17, 15) is 4.79 Å². The first-order valence-electron chi connectivity index (χ1n) is 9.17. The number of fused-ring (bicyclic) bond motifs is 1. The molecule has 0 saturated heterocycles. The maximum Gasteiger partial charge on any atom is 0.311 e. The number of unbranched alkanes of at least 4 members (excludes halogenated alkanes) is 4. The number of aromatic amines is 1. The third kappa shape index (κ3) is 5.99. The van der Waals surface area contributed by atoms with Gasteiger partial charge in [-0.15, -0.1) is 0 Å². The lowest BCUT2D eigenvalue weighted by molar-refractivity contribution is -0.134. The van der Waals surface area contributed by atoms with E-state index >= 15 is 0 Å². The van der Waals surface area contributed by atoms with E-state index in [0.29, 0.717) is 12.2 Å². The Morgan fingerprint density at radius 1 is 1.20 bits per heavy atom. The molecule has 0 spiro atoms. The zero-order valence-corrected chi connectivity index (χ0v) is 17.7. The molecular formula is C20H29IN2O2. The largest absolute Gasteiger partial charge is 0.426 e. The SMILES string of the molecule is CCCCCCCC(=O)Oc1cccc2[nH]c(I)c(CCN(C)C)c12. The number of esters is 1. The van der Waals surface area contributed by atoms with E-state index in [0.717, 1.165) is 40.4 Å². The Hall–Kier alpha value is -1.08. The lowest BCUT2D eigenvalue weighted by Crippen LogP contribution is -2.15. The lowest BCUT2D eigenvalue weighted by atomic mass is 10.1. The summed E-state index contributed by atoms with van der Waals surface area (Å²) in [6, 6.07) is 5.88. The molecule has 0 unspecified atom stereocenters. The predicted molar refractivity (Wildman–Crippen MR) is 112 cm³/mol. The highest BCUT2D eigenvalue weighted by atomic mass is 127. The van der Waals surface area contributed by atoms with Gasteiger partial charge >= 0.3 is 5.97 Å². The van der Waals surface area contributed by atoms with Gasteiger partial charge < -0.3 is 14.6 Å². The number of carbonyl (C=O) groups excluding carboxylic acids is 1. The third-order valence-corrected chi connectivity index (χ3v) is 5.28. The maximum absolute atomic E-state index is 12.2. The van der Waals surface area contributed by atoms with Gasteiger partial charge in [0.2, 0.25) is 0 Å². The molecule has 0 fully saturated rings. The second kappa shape index (κ2) is 10.2. The monoisotopic (exact) mass is 456 g/mol. The fourth-order valence-electron chi connectivity index (χ4n) is 2.95. The first-order chi connectivity index (χ1) is 12.0. The molecule has 0 saturated carbocycles. The molecule has 2 aromatic rings. The first-order valence-corrected chi connectivity index (χ1v) is 10.2. The second-order valence-corrected chi connectivity index (χ2v) is 7.87. The number of carbonyl (C=O) groups is 1. The van der Waals surface area contributed by atoms with Crippen molar-refractivity contribution >= 4 is 39.5 Å². The molecule has 1 aromatic heterocycles. The summed E-state index contributed by atoms with van der Waals surface area (Å²) in [7, 11) is 4.14. The van der Waals surface area contributed by atoms with E-state index in [2.05, 4.69) is 53.5 Å². The van der Waals surface area contributed by atoms with Crippen LogP contribution in [-0.4, -0.2) is 36.5 Å². The lowest BCUT2D eigenvalue weighted by Gasteiger charge is -2.11. The van der Waals surface area contributed by atoms with E-state index in [4.69, 9.17) is 4.74 Å². The summed E-state index contributed by atoms with van der Waals surface area (Å²) >= 11 is 2.33. The molecule has 0 aliphatic heterocycles. The normalized spacial score (nSPS) is 11.4. The van der Waals surface area contributed by atoms with Crippen LogP contribution in [0.5, 0.6) is 5.75 Å². The van der Waals surface area contributed by atoms with Crippen LogP contribution in [0.3, 0.4) is 0 Å². The summed E-state index contributed by atoms with van der Waals surface area (Å²) in [4.78, 5) is 17.8. The summed E-state index contributed by atoms with van der Waals surface area (Å²) in [5, 5.41) is 1.05. The molecule has 4 nitrogen and oxygen atoms in total. The first kappa shape index (κ1) is 20.2. The third-order valence-electron chi connectivity index (χ3n) is 4.35. The van der Waals surface area contributed by atoms with Crippen molar-refractivity contribution in [3.8, 4) is 5.75 Å². The van der Waals surface area contributed by atoms with Gasteiger partial charge in [0, 0.05) is 18.4 Å². The van der Waals surface area contributed by atoms with Crippen LogP contribution in [0.2, 0.25) is 0 Å². The standard InChI is InChI=1S/C20H29IN2O2/c1-4-5-6-7-8-12-18(24)25-17-11-9-10-16-19(17)15(20(21)22-16)13-14-23(2)3/h9-11,22H,4-8,12-14H2,1-3H3. The number of benzene rings is 1. The number of H-pyrrole nitrogens is 1. The van der Waals surface area contributed by atoms with E-state index in [-0.39, 0.29) is 5.97 Å². The van der Waals surface area contributed by atoms with Gasteiger partial charge in [0.25, 0.3) is 0 Å². The van der Waals surface area contributed by atoms with Crippen LogP contribution in [0.25, 0.3) is 10.9 Å². The van der Waals surface area contributed by atoms with Crippen molar-refractivity contribution in [3.05, 3.63) is 27.5 Å². The average molecular weight is 456 g/mol. The van der Waals surface area contributed by atoms with Crippen LogP contribution in [0.4, 0.5) is 0 Å². The Balaban J connectivity index is 2.08. The quantitative estimate of drug-likeness (QED) is 0.233.